The quantitative estimate of drug-likeness (QED) is 0.632. The average Bonchev–Trinajstić information content (AvgIpc) is 3.41. The molecule has 9 nitrogen and oxygen atoms in total. The highest BCUT2D eigenvalue weighted by atomic mass is 32.1. The zero-order valence-corrected chi connectivity index (χ0v) is 16.0. The van der Waals surface area contributed by atoms with Crippen LogP contribution in [0.2, 0.25) is 0 Å². The van der Waals surface area contributed by atoms with E-state index in [9.17, 15) is 9.18 Å². The van der Waals surface area contributed by atoms with Crippen LogP contribution in [0.4, 0.5) is 20.0 Å². The molecule has 0 aliphatic carbocycles. The standard InChI is InChI=1S/C18H17FN6O3S/c19-13-4-3-12(8-11(13)10-28-15-9-20-5-6-21-15)22-17(26)23-18-25-24-16(29-18)14-2-1-7-27-14/h3-6,8-9,14H,1-2,7,10H2,(H2,22,23,25,26). The van der Waals surface area contributed by atoms with Gasteiger partial charge in [0.25, 0.3) is 0 Å². The lowest BCUT2D eigenvalue weighted by Crippen LogP contribution is -2.19. The zero-order valence-electron chi connectivity index (χ0n) is 15.2. The Labute approximate surface area is 169 Å². The second-order valence-electron chi connectivity index (χ2n) is 6.16. The predicted molar refractivity (Wildman–Crippen MR) is 103 cm³/mol. The van der Waals surface area contributed by atoms with E-state index >= 15 is 0 Å². The van der Waals surface area contributed by atoms with Crippen molar-refractivity contribution in [3.63, 3.8) is 0 Å². The molecule has 1 saturated heterocycles. The summed E-state index contributed by atoms with van der Waals surface area (Å²) in [5.74, 6) is -0.175. The van der Waals surface area contributed by atoms with Gasteiger partial charge in [0.05, 0.1) is 6.20 Å². The average molecular weight is 416 g/mol. The molecule has 2 amide bonds. The molecule has 1 aliphatic rings. The fourth-order valence-corrected chi connectivity index (χ4v) is 3.54. The molecule has 0 radical (unpaired) electrons. The lowest BCUT2D eigenvalue weighted by molar-refractivity contribution is 0.111. The Bertz CT molecular complexity index is 981. The van der Waals surface area contributed by atoms with Crippen molar-refractivity contribution in [1.29, 1.82) is 0 Å². The lowest BCUT2D eigenvalue weighted by atomic mass is 10.2. The van der Waals surface area contributed by atoms with E-state index in [0.29, 0.717) is 17.4 Å². The highest BCUT2D eigenvalue weighted by Gasteiger charge is 2.22. The van der Waals surface area contributed by atoms with Gasteiger partial charge in [-0.1, -0.05) is 11.3 Å². The molecular formula is C18H17FN6O3S. The van der Waals surface area contributed by atoms with Crippen molar-refractivity contribution >= 4 is 28.2 Å². The summed E-state index contributed by atoms with van der Waals surface area (Å²) < 4.78 is 25.0. The monoisotopic (exact) mass is 416 g/mol. The van der Waals surface area contributed by atoms with Crippen molar-refractivity contribution in [1.82, 2.24) is 20.2 Å². The Hall–Kier alpha value is -3.18. The third-order valence-corrected chi connectivity index (χ3v) is 5.02. The van der Waals surface area contributed by atoms with Crippen LogP contribution in [0.3, 0.4) is 0 Å². The minimum absolute atomic E-state index is 0.0528. The number of hydrogen-bond acceptors (Lipinski definition) is 8. The lowest BCUT2D eigenvalue weighted by Gasteiger charge is -2.09. The van der Waals surface area contributed by atoms with Gasteiger partial charge < -0.3 is 14.8 Å². The number of aromatic nitrogens is 4. The molecule has 3 heterocycles. The molecule has 0 spiro atoms. The minimum Gasteiger partial charge on any atom is -0.472 e. The Kier molecular flexibility index (Phi) is 5.86. The minimum atomic E-state index is -0.507. The molecule has 2 aromatic heterocycles. The first-order chi connectivity index (χ1) is 14.2. The molecule has 0 saturated carbocycles. The van der Waals surface area contributed by atoms with Crippen LogP contribution in [0.25, 0.3) is 0 Å². The Morgan fingerprint density at radius 1 is 1.31 bits per heavy atom. The number of urea groups is 1. The molecule has 2 N–H and O–H groups in total. The summed E-state index contributed by atoms with van der Waals surface area (Å²) in [4.78, 5) is 20.1. The van der Waals surface area contributed by atoms with E-state index in [0.717, 1.165) is 17.8 Å². The Morgan fingerprint density at radius 3 is 3.03 bits per heavy atom. The van der Waals surface area contributed by atoms with Gasteiger partial charge >= 0.3 is 6.03 Å². The van der Waals surface area contributed by atoms with Gasteiger partial charge in [-0.3, -0.25) is 10.3 Å². The fraction of sp³-hybridized carbons (Fsp3) is 0.278. The second-order valence-corrected chi connectivity index (χ2v) is 7.17. The summed E-state index contributed by atoms with van der Waals surface area (Å²) in [6.45, 7) is 0.657. The van der Waals surface area contributed by atoms with Crippen molar-refractivity contribution in [2.24, 2.45) is 0 Å². The molecule has 0 bridgehead atoms. The number of carbonyl (C=O) groups is 1. The number of anilines is 2. The summed E-state index contributed by atoms with van der Waals surface area (Å²) >= 11 is 1.27. The van der Waals surface area contributed by atoms with Gasteiger partial charge in [0.15, 0.2) is 0 Å². The number of carbonyl (C=O) groups excluding carboxylic acids is 1. The third kappa shape index (κ3) is 5.00. The number of amides is 2. The van der Waals surface area contributed by atoms with Crippen LogP contribution < -0.4 is 15.4 Å². The second kappa shape index (κ2) is 8.88. The molecule has 4 rings (SSSR count). The molecular weight excluding hydrogens is 399 g/mol. The van der Waals surface area contributed by atoms with Crippen LogP contribution in [0.5, 0.6) is 5.88 Å². The predicted octanol–water partition coefficient (Wildman–Crippen LogP) is 3.54. The molecule has 1 aliphatic heterocycles. The van der Waals surface area contributed by atoms with Crippen molar-refractivity contribution in [2.45, 2.75) is 25.6 Å². The van der Waals surface area contributed by atoms with Crippen LogP contribution in [-0.2, 0) is 11.3 Å². The van der Waals surface area contributed by atoms with Gasteiger partial charge in [-0.25, -0.2) is 14.2 Å². The summed E-state index contributed by atoms with van der Waals surface area (Å²) in [7, 11) is 0. The van der Waals surface area contributed by atoms with Crippen molar-refractivity contribution < 1.29 is 18.7 Å². The molecule has 3 aromatic rings. The molecule has 150 valence electrons. The summed E-state index contributed by atoms with van der Waals surface area (Å²) in [6.07, 6.45) is 6.25. The van der Waals surface area contributed by atoms with Crippen LogP contribution in [0.15, 0.2) is 36.8 Å². The van der Waals surface area contributed by atoms with E-state index in [-0.39, 0.29) is 24.2 Å². The molecule has 1 aromatic carbocycles. The van der Waals surface area contributed by atoms with E-state index in [1.54, 1.807) is 0 Å². The Morgan fingerprint density at radius 2 is 2.24 bits per heavy atom. The third-order valence-electron chi connectivity index (χ3n) is 4.08. The smallest absolute Gasteiger partial charge is 0.325 e. The number of hydrogen-bond donors (Lipinski definition) is 2. The molecule has 1 unspecified atom stereocenters. The number of nitrogens with zero attached hydrogens (tertiary/aromatic N) is 4. The largest absolute Gasteiger partial charge is 0.472 e. The summed E-state index contributed by atoms with van der Waals surface area (Å²) in [6, 6.07) is 3.69. The SMILES string of the molecule is O=C(Nc1ccc(F)c(COc2cnccn2)c1)Nc1nnc(C2CCCO2)s1. The normalized spacial score (nSPS) is 15.8. The highest BCUT2D eigenvalue weighted by Crippen LogP contribution is 2.31. The van der Waals surface area contributed by atoms with Gasteiger partial charge in [0.1, 0.15) is 23.5 Å². The maximum absolute atomic E-state index is 14.0. The van der Waals surface area contributed by atoms with Gasteiger partial charge in [-0.05, 0) is 31.0 Å². The van der Waals surface area contributed by atoms with Gasteiger partial charge in [0.2, 0.25) is 11.0 Å². The molecule has 1 fully saturated rings. The van der Waals surface area contributed by atoms with Crippen LogP contribution in [0.1, 0.15) is 29.5 Å². The maximum atomic E-state index is 14.0. The van der Waals surface area contributed by atoms with E-state index in [4.69, 9.17) is 9.47 Å². The van der Waals surface area contributed by atoms with Crippen LogP contribution in [0, 0.1) is 5.82 Å². The maximum Gasteiger partial charge on any atom is 0.325 e. The van der Waals surface area contributed by atoms with E-state index in [1.165, 1.54) is 48.1 Å². The van der Waals surface area contributed by atoms with Gasteiger partial charge in [0, 0.05) is 30.3 Å². The van der Waals surface area contributed by atoms with Crippen molar-refractivity contribution in [3.8, 4) is 5.88 Å². The molecule has 29 heavy (non-hydrogen) atoms. The number of halogens is 1. The summed E-state index contributed by atoms with van der Waals surface area (Å²) in [5.41, 5.74) is 0.676. The zero-order chi connectivity index (χ0) is 20.1. The number of rotatable bonds is 6. The summed E-state index contributed by atoms with van der Waals surface area (Å²) in [5, 5.41) is 14.4. The topological polar surface area (TPSA) is 111 Å². The number of ether oxygens (including phenoxy) is 2. The van der Waals surface area contributed by atoms with Crippen LogP contribution >= 0.6 is 11.3 Å². The first-order valence-corrected chi connectivity index (χ1v) is 9.69. The van der Waals surface area contributed by atoms with E-state index < -0.39 is 11.8 Å². The first kappa shape index (κ1) is 19.2. The van der Waals surface area contributed by atoms with Crippen LogP contribution in [-0.4, -0.2) is 32.8 Å². The molecule has 1 atom stereocenters. The van der Waals surface area contributed by atoms with Gasteiger partial charge in [-0.15, -0.1) is 10.2 Å². The number of nitrogens with one attached hydrogen (secondary N) is 2. The molecule has 11 heteroatoms. The van der Waals surface area contributed by atoms with E-state index in [2.05, 4.69) is 30.8 Å². The Balaban J connectivity index is 1.35. The number of benzene rings is 1. The first-order valence-electron chi connectivity index (χ1n) is 8.87. The van der Waals surface area contributed by atoms with Crippen molar-refractivity contribution in [2.75, 3.05) is 17.2 Å². The van der Waals surface area contributed by atoms with E-state index in [1.807, 2.05) is 0 Å². The van der Waals surface area contributed by atoms with Gasteiger partial charge in [-0.2, -0.15) is 0 Å². The van der Waals surface area contributed by atoms with Crippen molar-refractivity contribution in [3.05, 3.63) is 53.2 Å². The fourth-order valence-electron chi connectivity index (χ4n) is 2.72. The highest BCUT2D eigenvalue weighted by molar-refractivity contribution is 7.15.